The standard InChI is InChI=1S/C24H25F2N5O2/c1-15(32)31-12-9-20-21(14-31)28-23(27-17-3-2-4-17)24(29-20)30-10-7-18(8-11-30)33-22-6-5-16(25)13-19(22)26/h5-6,13,17-18H,3,7-12,14H2,1H3,(H,27,28)/t17-/m0/s1. The van der Waals surface area contributed by atoms with Crippen molar-refractivity contribution in [3.63, 3.8) is 0 Å². The van der Waals surface area contributed by atoms with Gasteiger partial charge in [-0.2, -0.15) is 0 Å². The summed E-state index contributed by atoms with van der Waals surface area (Å²) in [6.45, 7) is 4.01. The molecule has 0 unspecified atom stereocenters. The lowest BCUT2D eigenvalue weighted by molar-refractivity contribution is -0.129. The van der Waals surface area contributed by atoms with Crippen molar-refractivity contribution < 1.29 is 18.3 Å². The molecule has 1 fully saturated rings. The van der Waals surface area contributed by atoms with E-state index < -0.39 is 11.6 Å². The molecule has 1 amide bonds. The maximum atomic E-state index is 14.0. The normalized spacial score (nSPS) is 19.8. The molecule has 0 bridgehead atoms. The highest BCUT2D eigenvalue weighted by Crippen LogP contribution is 2.31. The van der Waals surface area contributed by atoms with Gasteiger partial charge in [-0.25, -0.2) is 18.7 Å². The summed E-state index contributed by atoms with van der Waals surface area (Å²) in [7, 11) is 0. The molecule has 1 aromatic heterocycles. The number of ether oxygens (including phenoxy) is 1. The van der Waals surface area contributed by atoms with Crippen LogP contribution in [0.4, 0.5) is 20.4 Å². The van der Waals surface area contributed by atoms with Gasteiger partial charge in [-0.15, -0.1) is 0 Å². The van der Waals surface area contributed by atoms with Gasteiger partial charge in [0.2, 0.25) is 5.91 Å². The number of piperidine rings is 1. The third-order valence-corrected chi connectivity index (χ3v) is 6.26. The van der Waals surface area contributed by atoms with Crippen molar-refractivity contribution in [1.29, 1.82) is 0 Å². The molecule has 1 atom stereocenters. The SMILES string of the molecule is CC(=O)N1CCc2nc(N3CCC(Oc4ccc(F)cc4F)CC3)c(N[C@@H]3C#CC3)nc2C1. The van der Waals surface area contributed by atoms with Crippen molar-refractivity contribution >= 4 is 17.5 Å². The number of hydrogen-bond acceptors (Lipinski definition) is 6. The summed E-state index contributed by atoms with van der Waals surface area (Å²) in [4.78, 5) is 25.6. The number of fused-ring (bicyclic) bond motifs is 1. The fourth-order valence-corrected chi connectivity index (χ4v) is 4.30. The van der Waals surface area contributed by atoms with Gasteiger partial charge in [0, 0.05) is 58.3 Å². The Morgan fingerprint density at radius 3 is 2.64 bits per heavy atom. The Morgan fingerprint density at radius 1 is 1.18 bits per heavy atom. The van der Waals surface area contributed by atoms with Crippen LogP contribution in [0, 0.1) is 23.5 Å². The van der Waals surface area contributed by atoms with E-state index in [0.29, 0.717) is 51.3 Å². The van der Waals surface area contributed by atoms with Crippen molar-refractivity contribution in [1.82, 2.24) is 14.9 Å². The molecular weight excluding hydrogens is 428 g/mol. The minimum Gasteiger partial charge on any atom is -0.487 e. The van der Waals surface area contributed by atoms with E-state index in [2.05, 4.69) is 22.1 Å². The minimum atomic E-state index is -0.689. The number of amides is 1. The number of aromatic nitrogens is 2. The van der Waals surface area contributed by atoms with E-state index in [1.165, 1.54) is 12.1 Å². The average Bonchev–Trinajstić information content (AvgIpc) is 2.77. The molecular formula is C24H25F2N5O2. The van der Waals surface area contributed by atoms with Gasteiger partial charge in [-0.3, -0.25) is 4.79 Å². The van der Waals surface area contributed by atoms with E-state index in [4.69, 9.17) is 14.7 Å². The van der Waals surface area contributed by atoms with Crippen molar-refractivity contribution in [3.05, 3.63) is 41.2 Å². The fourth-order valence-electron chi connectivity index (χ4n) is 4.30. The highest BCUT2D eigenvalue weighted by molar-refractivity contribution is 5.73. The van der Waals surface area contributed by atoms with Gasteiger partial charge in [-0.05, 0) is 12.1 Å². The number of carbonyl (C=O) groups is 1. The van der Waals surface area contributed by atoms with Crippen molar-refractivity contribution in [2.45, 2.75) is 51.3 Å². The van der Waals surface area contributed by atoms with Crippen LogP contribution in [-0.2, 0) is 17.8 Å². The topological polar surface area (TPSA) is 70.6 Å². The van der Waals surface area contributed by atoms with Gasteiger partial charge < -0.3 is 19.9 Å². The maximum Gasteiger partial charge on any atom is 0.219 e. The smallest absolute Gasteiger partial charge is 0.219 e. The van der Waals surface area contributed by atoms with E-state index in [1.807, 2.05) is 0 Å². The average molecular weight is 453 g/mol. The Balaban J connectivity index is 1.32. The fraction of sp³-hybridized carbons (Fsp3) is 0.458. The number of hydrogen-bond donors (Lipinski definition) is 1. The predicted molar refractivity (Wildman–Crippen MR) is 119 cm³/mol. The molecule has 0 saturated carbocycles. The number of nitrogens with zero attached hydrogens (tertiary/aromatic N) is 4. The van der Waals surface area contributed by atoms with Crippen molar-refractivity contribution in [2.24, 2.45) is 0 Å². The molecule has 172 valence electrons. The summed E-state index contributed by atoms with van der Waals surface area (Å²) in [6.07, 6.45) is 2.62. The third-order valence-electron chi connectivity index (χ3n) is 6.26. The van der Waals surface area contributed by atoms with Crippen LogP contribution < -0.4 is 15.0 Å². The molecule has 1 N–H and O–H groups in total. The monoisotopic (exact) mass is 453 g/mol. The first kappa shape index (κ1) is 21.4. The summed E-state index contributed by atoms with van der Waals surface area (Å²) < 4.78 is 32.9. The number of anilines is 2. The van der Waals surface area contributed by atoms with E-state index >= 15 is 0 Å². The Labute approximate surface area is 191 Å². The highest BCUT2D eigenvalue weighted by Gasteiger charge is 2.29. The van der Waals surface area contributed by atoms with Crippen LogP contribution in [0.3, 0.4) is 0 Å². The second-order valence-electron chi connectivity index (χ2n) is 8.58. The number of rotatable bonds is 5. The zero-order chi connectivity index (χ0) is 22.9. The predicted octanol–water partition coefficient (Wildman–Crippen LogP) is 2.89. The van der Waals surface area contributed by atoms with Crippen LogP contribution >= 0.6 is 0 Å². The molecule has 1 aromatic carbocycles. The molecule has 33 heavy (non-hydrogen) atoms. The van der Waals surface area contributed by atoms with E-state index in [-0.39, 0.29) is 23.8 Å². The summed E-state index contributed by atoms with van der Waals surface area (Å²) in [5, 5.41) is 3.39. The number of carbonyl (C=O) groups excluding carboxylic acids is 1. The van der Waals surface area contributed by atoms with Gasteiger partial charge in [0.25, 0.3) is 0 Å². The first-order valence-electron chi connectivity index (χ1n) is 11.2. The maximum absolute atomic E-state index is 14.0. The molecule has 9 heteroatoms. The summed E-state index contributed by atoms with van der Waals surface area (Å²) >= 11 is 0. The number of halogens is 2. The summed E-state index contributed by atoms with van der Waals surface area (Å²) in [6, 6.07) is 3.41. The first-order chi connectivity index (χ1) is 16.0. The van der Waals surface area contributed by atoms with Gasteiger partial charge in [-0.1, -0.05) is 11.8 Å². The van der Waals surface area contributed by atoms with E-state index in [9.17, 15) is 13.6 Å². The third kappa shape index (κ3) is 4.56. The van der Waals surface area contributed by atoms with Crippen molar-refractivity contribution in [2.75, 3.05) is 29.9 Å². The van der Waals surface area contributed by atoms with Crippen LogP contribution in [0.1, 0.15) is 37.6 Å². The van der Waals surface area contributed by atoms with Crippen LogP contribution in [0.5, 0.6) is 5.75 Å². The first-order valence-corrected chi connectivity index (χ1v) is 11.2. The Hall–Kier alpha value is -3.41. The summed E-state index contributed by atoms with van der Waals surface area (Å²) in [5.74, 6) is 6.34. The quantitative estimate of drug-likeness (QED) is 0.703. The molecule has 0 spiro atoms. The van der Waals surface area contributed by atoms with Crippen LogP contribution in [0.25, 0.3) is 0 Å². The molecule has 1 saturated heterocycles. The van der Waals surface area contributed by atoms with E-state index in [0.717, 1.165) is 29.7 Å². The molecule has 5 rings (SSSR count). The lowest BCUT2D eigenvalue weighted by Gasteiger charge is -2.35. The van der Waals surface area contributed by atoms with Crippen LogP contribution in [0.2, 0.25) is 0 Å². The van der Waals surface area contributed by atoms with Gasteiger partial charge in [0.1, 0.15) is 18.0 Å². The van der Waals surface area contributed by atoms with Crippen LogP contribution in [0.15, 0.2) is 18.2 Å². The second-order valence-corrected chi connectivity index (χ2v) is 8.58. The zero-order valence-electron chi connectivity index (χ0n) is 18.4. The number of nitrogens with one attached hydrogen (secondary N) is 1. The Kier molecular flexibility index (Phi) is 5.75. The second kappa shape index (κ2) is 8.85. The zero-order valence-corrected chi connectivity index (χ0v) is 18.4. The largest absolute Gasteiger partial charge is 0.487 e. The lowest BCUT2D eigenvalue weighted by Crippen LogP contribution is -2.41. The minimum absolute atomic E-state index is 0.0329. The van der Waals surface area contributed by atoms with Gasteiger partial charge in [0.05, 0.1) is 17.9 Å². The molecule has 2 aromatic rings. The van der Waals surface area contributed by atoms with Gasteiger partial charge in [0.15, 0.2) is 23.2 Å². The molecule has 2 aliphatic heterocycles. The molecule has 3 aliphatic rings. The molecule has 7 nitrogen and oxygen atoms in total. The van der Waals surface area contributed by atoms with Crippen LogP contribution in [-0.4, -0.2) is 52.6 Å². The van der Waals surface area contributed by atoms with Gasteiger partial charge >= 0.3 is 0 Å². The molecule has 1 aliphatic carbocycles. The Morgan fingerprint density at radius 2 is 1.97 bits per heavy atom. The highest BCUT2D eigenvalue weighted by atomic mass is 19.1. The Bertz CT molecular complexity index is 1140. The van der Waals surface area contributed by atoms with E-state index in [1.54, 1.807) is 11.8 Å². The number of benzene rings is 1. The van der Waals surface area contributed by atoms with Crippen molar-refractivity contribution in [3.8, 4) is 17.6 Å². The molecule has 0 radical (unpaired) electrons. The molecule has 3 heterocycles. The summed E-state index contributed by atoms with van der Waals surface area (Å²) in [5.41, 5.74) is 1.74. The lowest BCUT2D eigenvalue weighted by atomic mass is 10.1.